The molecule has 0 unspecified atom stereocenters. The number of nitrogens with one attached hydrogen (secondary N) is 1. The molecule has 7 nitrogen and oxygen atoms in total. The summed E-state index contributed by atoms with van der Waals surface area (Å²) in [5.41, 5.74) is 1.65. The summed E-state index contributed by atoms with van der Waals surface area (Å²) in [6, 6.07) is 18.0. The molecule has 0 radical (unpaired) electrons. The molecule has 136 valence electrons. The molecule has 2 aromatic carbocycles. The second kappa shape index (κ2) is 10.8. The van der Waals surface area contributed by atoms with Gasteiger partial charge in [-0.05, 0) is 11.1 Å². The Balaban J connectivity index is 1.84. The Labute approximate surface area is 155 Å². The van der Waals surface area contributed by atoms with Crippen molar-refractivity contribution in [3.63, 3.8) is 0 Å². The van der Waals surface area contributed by atoms with E-state index in [1.165, 1.54) is 0 Å². The van der Waals surface area contributed by atoms with Crippen molar-refractivity contribution < 1.29 is 23.2 Å². The molecule has 0 aliphatic carbocycles. The minimum Gasteiger partial charge on any atom is -0.444 e. The van der Waals surface area contributed by atoms with Gasteiger partial charge in [0.15, 0.2) is 0 Å². The van der Waals surface area contributed by atoms with Crippen molar-refractivity contribution in [3.05, 3.63) is 71.8 Å². The Kier molecular flexibility index (Phi) is 8.01. The maximum Gasteiger partial charge on any atom is 0.438 e. The summed E-state index contributed by atoms with van der Waals surface area (Å²) in [5, 5.41) is 2.26. The van der Waals surface area contributed by atoms with Gasteiger partial charge in [0, 0.05) is 6.26 Å². The zero-order chi connectivity index (χ0) is 18.6. The summed E-state index contributed by atoms with van der Waals surface area (Å²) < 4.78 is 15.1. The van der Waals surface area contributed by atoms with Crippen LogP contribution < -0.4 is 5.32 Å². The number of carbonyl (C=O) groups is 2. The van der Waals surface area contributed by atoms with E-state index in [0.29, 0.717) is 0 Å². The lowest BCUT2D eigenvalue weighted by atomic mass is 10.2. The highest BCUT2D eigenvalue weighted by atomic mass is 32.2. The molecule has 2 aromatic rings. The molecule has 0 bridgehead atoms. The predicted octanol–water partition coefficient (Wildman–Crippen LogP) is 3.90. The van der Waals surface area contributed by atoms with Gasteiger partial charge < -0.3 is 13.7 Å². The molecule has 0 saturated carbocycles. The van der Waals surface area contributed by atoms with Gasteiger partial charge >= 0.3 is 18.2 Å². The quantitative estimate of drug-likeness (QED) is 0.485. The zero-order valence-corrected chi connectivity index (χ0v) is 14.9. The lowest BCUT2D eigenvalue weighted by Crippen LogP contribution is -2.32. The first-order valence-electron chi connectivity index (χ1n) is 7.65. The average molecular weight is 374 g/mol. The van der Waals surface area contributed by atoms with Crippen LogP contribution in [0.2, 0.25) is 0 Å². The van der Waals surface area contributed by atoms with Crippen LogP contribution in [0.25, 0.3) is 0 Å². The highest BCUT2D eigenvalue weighted by Gasteiger charge is 2.12. The van der Waals surface area contributed by atoms with E-state index < -0.39 is 12.2 Å². The molecule has 0 heterocycles. The number of rotatable bonds is 5. The van der Waals surface area contributed by atoms with Crippen LogP contribution >= 0.6 is 12.0 Å². The largest absolute Gasteiger partial charge is 0.444 e. The Hall–Kier alpha value is -3.00. The molecule has 0 aromatic heterocycles. The summed E-state index contributed by atoms with van der Waals surface area (Å²) in [4.78, 5) is 27.2. The molecule has 0 spiro atoms. The summed E-state index contributed by atoms with van der Waals surface area (Å²) in [6.45, 7) is 0.145. The molecule has 0 aliphatic rings. The minimum absolute atomic E-state index is 0.0637. The zero-order valence-electron chi connectivity index (χ0n) is 14.1. The number of carbonyl (C=O) groups excluding carboxylic acids is 2. The Morgan fingerprint density at radius 1 is 0.923 bits per heavy atom. The minimum atomic E-state index is -0.888. The second-order valence-electron chi connectivity index (χ2n) is 4.89. The van der Waals surface area contributed by atoms with Gasteiger partial charge in [-0.15, -0.1) is 4.99 Å². The number of aliphatic imine (C=N–C) groups is 1. The summed E-state index contributed by atoms with van der Waals surface area (Å²) in [7, 11) is 0. The van der Waals surface area contributed by atoms with E-state index in [4.69, 9.17) is 13.7 Å². The molecular weight excluding hydrogens is 356 g/mol. The Morgan fingerprint density at radius 2 is 1.46 bits per heavy atom. The molecule has 0 aliphatic heterocycles. The molecule has 8 heteroatoms. The Morgan fingerprint density at radius 3 is 2.00 bits per heavy atom. The fraction of sp³-hybridized carbons (Fsp3) is 0.167. The van der Waals surface area contributed by atoms with Crippen LogP contribution in [0.15, 0.2) is 65.7 Å². The number of hydrogen-bond donors (Lipinski definition) is 1. The van der Waals surface area contributed by atoms with Gasteiger partial charge in [0.1, 0.15) is 13.2 Å². The first kappa shape index (κ1) is 19.3. The van der Waals surface area contributed by atoms with Crippen molar-refractivity contribution in [1.82, 2.24) is 5.32 Å². The maximum atomic E-state index is 11.8. The summed E-state index contributed by atoms with van der Waals surface area (Å²) >= 11 is 0.914. The fourth-order valence-corrected chi connectivity index (χ4v) is 2.06. The van der Waals surface area contributed by atoms with Crippen LogP contribution in [0.3, 0.4) is 0 Å². The van der Waals surface area contributed by atoms with Crippen LogP contribution in [-0.2, 0) is 26.9 Å². The van der Waals surface area contributed by atoms with E-state index in [0.717, 1.165) is 23.2 Å². The van der Waals surface area contributed by atoms with Crippen LogP contribution in [0.4, 0.5) is 9.59 Å². The van der Waals surface area contributed by atoms with Crippen LogP contribution in [-0.4, -0.2) is 24.5 Å². The topological polar surface area (TPSA) is 86.2 Å². The average Bonchev–Trinajstić information content (AvgIpc) is 2.66. The van der Waals surface area contributed by atoms with E-state index in [1.54, 1.807) is 6.26 Å². The van der Waals surface area contributed by atoms with Crippen molar-refractivity contribution in [2.45, 2.75) is 13.2 Å². The Bertz CT molecular complexity index is 738. The fourth-order valence-electron chi connectivity index (χ4n) is 1.83. The third-order valence-electron chi connectivity index (χ3n) is 2.98. The van der Waals surface area contributed by atoms with Crippen molar-refractivity contribution in [2.75, 3.05) is 6.26 Å². The van der Waals surface area contributed by atoms with Crippen LogP contribution in [0.5, 0.6) is 0 Å². The van der Waals surface area contributed by atoms with E-state index in [-0.39, 0.29) is 19.2 Å². The predicted molar refractivity (Wildman–Crippen MR) is 98.4 cm³/mol. The van der Waals surface area contributed by atoms with E-state index >= 15 is 0 Å². The normalized spacial score (nSPS) is 10.7. The van der Waals surface area contributed by atoms with E-state index in [9.17, 15) is 9.59 Å². The summed E-state index contributed by atoms with van der Waals surface area (Å²) in [6.07, 6.45) is -0.0688. The van der Waals surface area contributed by atoms with Crippen LogP contribution in [0.1, 0.15) is 11.1 Å². The van der Waals surface area contributed by atoms with Gasteiger partial charge in [-0.3, -0.25) is 0 Å². The lowest BCUT2D eigenvalue weighted by molar-refractivity contribution is 0.143. The molecule has 2 amide bonds. The lowest BCUT2D eigenvalue weighted by Gasteiger charge is -2.08. The van der Waals surface area contributed by atoms with Gasteiger partial charge in [-0.2, -0.15) is 0 Å². The van der Waals surface area contributed by atoms with Crippen molar-refractivity contribution in [3.8, 4) is 0 Å². The SMILES string of the molecule is CSOC(=NC(=O)OCc1ccccc1)NC(=O)OCc1ccccc1. The molecule has 2 rings (SSSR count). The third-order valence-corrected chi connectivity index (χ3v) is 3.31. The standard InChI is InChI=1S/C18H18N2O5S/c1-26-25-16(19-17(21)23-12-14-8-4-2-5-9-14)20-18(22)24-13-15-10-6-3-7-11-15/h2-11H,12-13H2,1H3,(H,19,20,21,22). The first-order chi connectivity index (χ1) is 12.7. The van der Waals surface area contributed by atoms with Gasteiger partial charge in [-0.1, -0.05) is 60.7 Å². The number of amides is 2. The molecule has 26 heavy (non-hydrogen) atoms. The monoisotopic (exact) mass is 374 g/mol. The smallest absolute Gasteiger partial charge is 0.438 e. The van der Waals surface area contributed by atoms with Gasteiger partial charge in [0.05, 0.1) is 12.0 Å². The van der Waals surface area contributed by atoms with E-state index in [2.05, 4.69) is 10.3 Å². The van der Waals surface area contributed by atoms with Gasteiger partial charge in [0.2, 0.25) is 0 Å². The highest BCUT2D eigenvalue weighted by Crippen LogP contribution is 2.04. The van der Waals surface area contributed by atoms with Crippen molar-refractivity contribution in [2.24, 2.45) is 4.99 Å². The second-order valence-corrected chi connectivity index (χ2v) is 5.39. The summed E-state index contributed by atoms with van der Waals surface area (Å²) in [5.74, 6) is 0. The molecule has 0 saturated heterocycles. The molecule has 0 atom stereocenters. The number of hydrogen-bond acceptors (Lipinski definition) is 6. The number of nitrogens with zero attached hydrogens (tertiary/aromatic N) is 1. The highest BCUT2D eigenvalue weighted by molar-refractivity contribution is 7.94. The van der Waals surface area contributed by atoms with E-state index in [1.807, 2.05) is 60.7 Å². The number of amidine groups is 1. The third kappa shape index (κ3) is 7.27. The number of benzene rings is 2. The van der Waals surface area contributed by atoms with Crippen LogP contribution in [0, 0.1) is 0 Å². The molecular formula is C18H18N2O5S. The molecule has 1 N–H and O–H groups in total. The molecule has 0 fully saturated rings. The maximum absolute atomic E-state index is 11.8. The van der Waals surface area contributed by atoms with Gasteiger partial charge in [0.25, 0.3) is 0 Å². The number of alkyl carbamates (subject to hydrolysis) is 1. The van der Waals surface area contributed by atoms with Gasteiger partial charge in [-0.25, -0.2) is 14.9 Å². The van der Waals surface area contributed by atoms with Crippen molar-refractivity contribution >= 4 is 30.3 Å². The first-order valence-corrected chi connectivity index (χ1v) is 8.80. The number of ether oxygens (including phenoxy) is 2. The van der Waals surface area contributed by atoms with Crippen molar-refractivity contribution in [1.29, 1.82) is 0 Å².